The maximum absolute atomic E-state index is 10.8. The second-order valence-electron chi connectivity index (χ2n) is 2.60. The van der Waals surface area contributed by atoms with Crippen molar-refractivity contribution in [2.24, 2.45) is 5.92 Å². The first kappa shape index (κ1) is 9.59. The molecule has 0 aliphatic heterocycles. The van der Waals surface area contributed by atoms with Gasteiger partial charge in [0, 0.05) is 7.05 Å². The average Bonchev–Trinajstić information content (AvgIpc) is 1.81. The van der Waals surface area contributed by atoms with Crippen molar-refractivity contribution < 1.29 is 9.63 Å². The van der Waals surface area contributed by atoms with Crippen LogP contribution in [0.15, 0.2) is 0 Å². The number of rotatable bonds is 4. The number of carbonyl (C=O) groups is 1. The van der Waals surface area contributed by atoms with Crippen LogP contribution in [0, 0.1) is 5.92 Å². The van der Waals surface area contributed by atoms with Gasteiger partial charge in [-0.05, 0) is 12.8 Å². The van der Waals surface area contributed by atoms with Gasteiger partial charge in [-0.15, -0.1) is 0 Å². The molecule has 0 bridgehead atoms. The molecule has 3 heteroatoms. The molecule has 0 fully saturated rings. The molecule has 3 nitrogen and oxygen atoms in total. The fourth-order valence-corrected chi connectivity index (χ4v) is 0.815. The molecule has 1 atom stereocenters. The van der Waals surface area contributed by atoms with E-state index in [4.69, 9.17) is 4.84 Å². The topological polar surface area (TPSA) is 38.3 Å². The van der Waals surface area contributed by atoms with E-state index in [2.05, 4.69) is 5.48 Å². The summed E-state index contributed by atoms with van der Waals surface area (Å²) in [6.07, 6.45) is -0.315. The van der Waals surface area contributed by atoms with E-state index < -0.39 is 0 Å². The molecule has 0 amide bonds. The van der Waals surface area contributed by atoms with Crippen LogP contribution in [-0.2, 0) is 9.63 Å². The minimum atomic E-state index is -0.315. The summed E-state index contributed by atoms with van der Waals surface area (Å²) in [5, 5.41) is 0. The summed E-state index contributed by atoms with van der Waals surface area (Å²) in [5.74, 6) is 0.286. The average molecular weight is 145 g/mol. The lowest BCUT2D eigenvalue weighted by Gasteiger charge is -2.16. The van der Waals surface area contributed by atoms with Gasteiger partial charge in [0.1, 0.15) is 6.10 Å². The Morgan fingerprint density at radius 3 is 2.10 bits per heavy atom. The molecular formula is C7H15NO2. The van der Waals surface area contributed by atoms with Gasteiger partial charge in [0.25, 0.3) is 0 Å². The highest BCUT2D eigenvalue weighted by Gasteiger charge is 2.18. The Hall–Kier alpha value is -0.410. The number of carbonyl (C=O) groups excluding carboxylic acids is 1. The maximum atomic E-state index is 10.8. The van der Waals surface area contributed by atoms with Crippen molar-refractivity contribution in [2.75, 3.05) is 7.05 Å². The van der Waals surface area contributed by atoms with Gasteiger partial charge in [-0.3, -0.25) is 9.63 Å². The van der Waals surface area contributed by atoms with Crippen molar-refractivity contribution in [3.8, 4) is 0 Å². The Balaban J connectivity index is 3.85. The quantitative estimate of drug-likeness (QED) is 0.593. The van der Waals surface area contributed by atoms with Crippen LogP contribution in [0.1, 0.15) is 20.8 Å². The summed E-state index contributed by atoms with van der Waals surface area (Å²) in [5.41, 5.74) is 2.51. The SMILES string of the molecule is CNOC(C(C)=O)C(C)C. The van der Waals surface area contributed by atoms with Crippen LogP contribution in [0.4, 0.5) is 0 Å². The molecule has 0 aromatic carbocycles. The van der Waals surface area contributed by atoms with Gasteiger partial charge in [-0.2, -0.15) is 0 Å². The third-order valence-corrected chi connectivity index (χ3v) is 1.25. The van der Waals surface area contributed by atoms with E-state index >= 15 is 0 Å². The highest BCUT2D eigenvalue weighted by molar-refractivity contribution is 5.80. The predicted octanol–water partition coefficient (Wildman–Crippen LogP) is 0.751. The van der Waals surface area contributed by atoms with E-state index in [9.17, 15) is 4.79 Å². The number of hydroxylamine groups is 1. The molecule has 0 spiro atoms. The Kier molecular flexibility index (Phi) is 4.23. The first-order chi connectivity index (χ1) is 4.59. The molecule has 0 heterocycles. The molecule has 1 N–H and O–H groups in total. The van der Waals surface area contributed by atoms with Crippen LogP contribution in [0.3, 0.4) is 0 Å². The van der Waals surface area contributed by atoms with Gasteiger partial charge >= 0.3 is 0 Å². The second kappa shape index (κ2) is 4.41. The van der Waals surface area contributed by atoms with E-state index in [-0.39, 0.29) is 17.8 Å². The van der Waals surface area contributed by atoms with Crippen LogP contribution in [0.25, 0.3) is 0 Å². The standard InChI is InChI=1S/C7H15NO2/c1-5(2)7(6(3)9)10-8-4/h5,7-8H,1-4H3. The largest absolute Gasteiger partial charge is 0.297 e. The molecule has 0 aliphatic rings. The summed E-state index contributed by atoms with van der Waals surface area (Å²) in [6.45, 7) is 5.43. The first-order valence-corrected chi connectivity index (χ1v) is 3.42. The smallest absolute Gasteiger partial charge is 0.160 e. The second-order valence-corrected chi connectivity index (χ2v) is 2.60. The molecule has 10 heavy (non-hydrogen) atoms. The first-order valence-electron chi connectivity index (χ1n) is 3.42. The van der Waals surface area contributed by atoms with Crippen molar-refractivity contribution in [3.63, 3.8) is 0 Å². The Morgan fingerprint density at radius 2 is 2.00 bits per heavy atom. The van der Waals surface area contributed by atoms with Crippen molar-refractivity contribution >= 4 is 5.78 Å². The maximum Gasteiger partial charge on any atom is 0.160 e. The molecule has 0 saturated carbocycles. The molecule has 0 rings (SSSR count). The van der Waals surface area contributed by atoms with Gasteiger partial charge in [-0.25, -0.2) is 5.48 Å². The monoisotopic (exact) mass is 145 g/mol. The fourth-order valence-electron chi connectivity index (χ4n) is 0.815. The molecule has 0 aromatic rings. The zero-order chi connectivity index (χ0) is 8.15. The summed E-state index contributed by atoms with van der Waals surface area (Å²) in [6, 6.07) is 0. The fraction of sp³-hybridized carbons (Fsp3) is 0.857. The lowest BCUT2D eigenvalue weighted by molar-refractivity contribution is -0.136. The van der Waals surface area contributed by atoms with Crippen molar-refractivity contribution in [1.29, 1.82) is 0 Å². The van der Waals surface area contributed by atoms with E-state index in [1.54, 1.807) is 7.05 Å². The van der Waals surface area contributed by atoms with Crippen LogP contribution in [0.2, 0.25) is 0 Å². The number of nitrogens with one attached hydrogen (secondary N) is 1. The highest BCUT2D eigenvalue weighted by Crippen LogP contribution is 2.05. The van der Waals surface area contributed by atoms with Gasteiger partial charge in [0.2, 0.25) is 0 Å². The number of ketones is 1. The third kappa shape index (κ3) is 2.94. The lowest BCUT2D eigenvalue weighted by atomic mass is 10.0. The minimum absolute atomic E-state index is 0.0596. The lowest BCUT2D eigenvalue weighted by Crippen LogP contribution is -2.32. The number of hydrogen-bond acceptors (Lipinski definition) is 3. The summed E-state index contributed by atoms with van der Waals surface area (Å²) < 4.78 is 0. The third-order valence-electron chi connectivity index (χ3n) is 1.25. The summed E-state index contributed by atoms with van der Waals surface area (Å²) in [4.78, 5) is 15.8. The van der Waals surface area contributed by atoms with E-state index in [1.807, 2.05) is 13.8 Å². The predicted molar refractivity (Wildman–Crippen MR) is 39.5 cm³/mol. The molecule has 0 saturated heterocycles. The summed E-state index contributed by atoms with van der Waals surface area (Å²) in [7, 11) is 1.65. The van der Waals surface area contributed by atoms with Crippen LogP contribution < -0.4 is 5.48 Å². The molecular weight excluding hydrogens is 130 g/mol. The summed E-state index contributed by atoms with van der Waals surface area (Å²) >= 11 is 0. The van der Waals surface area contributed by atoms with Gasteiger partial charge < -0.3 is 0 Å². The van der Waals surface area contributed by atoms with Crippen molar-refractivity contribution in [1.82, 2.24) is 5.48 Å². The van der Waals surface area contributed by atoms with Crippen LogP contribution >= 0.6 is 0 Å². The van der Waals surface area contributed by atoms with E-state index in [0.29, 0.717) is 0 Å². The molecule has 0 aromatic heterocycles. The van der Waals surface area contributed by atoms with E-state index in [1.165, 1.54) is 6.92 Å². The molecule has 0 aliphatic carbocycles. The minimum Gasteiger partial charge on any atom is -0.297 e. The molecule has 60 valence electrons. The normalized spacial score (nSPS) is 13.7. The number of hydrogen-bond donors (Lipinski definition) is 1. The van der Waals surface area contributed by atoms with Gasteiger partial charge in [-0.1, -0.05) is 13.8 Å². The zero-order valence-electron chi connectivity index (χ0n) is 6.97. The van der Waals surface area contributed by atoms with Crippen LogP contribution in [0.5, 0.6) is 0 Å². The Bertz CT molecular complexity index is 112. The van der Waals surface area contributed by atoms with E-state index in [0.717, 1.165) is 0 Å². The highest BCUT2D eigenvalue weighted by atomic mass is 16.7. The van der Waals surface area contributed by atoms with Crippen molar-refractivity contribution in [2.45, 2.75) is 26.9 Å². The Labute approximate surface area is 61.7 Å². The number of Topliss-reactive ketones (excluding diaryl/α,β-unsaturated/α-hetero) is 1. The van der Waals surface area contributed by atoms with Crippen LogP contribution in [-0.4, -0.2) is 18.9 Å². The van der Waals surface area contributed by atoms with Crippen molar-refractivity contribution in [3.05, 3.63) is 0 Å². The zero-order valence-corrected chi connectivity index (χ0v) is 6.97. The van der Waals surface area contributed by atoms with Gasteiger partial charge in [0.05, 0.1) is 0 Å². The Morgan fingerprint density at radius 1 is 1.50 bits per heavy atom. The molecule has 1 unspecified atom stereocenters. The van der Waals surface area contributed by atoms with Gasteiger partial charge in [0.15, 0.2) is 5.78 Å². The molecule has 0 radical (unpaired) electrons.